The van der Waals surface area contributed by atoms with Crippen LogP contribution in [0.5, 0.6) is 0 Å². The first-order chi connectivity index (χ1) is 7.79. The van der Waals surface area contributed by atoms with Crippen molar-refractivity contribution in [2.24, 2.45) is 4.99 Å². The zero-order chi connectivity index (χ0) is 11.4. The molecule has 2 aromatic rings. The van der Waals surface area contributed by atoms with E-state index in [4.69, 9.17) is 9.26 Å². The third-order valence-corrected chi connectivity index (χ3v) is 1.93. The summed E-state index contributed by atoms with van der Waals surface area (Å²) in [5, 5.41) is 3.84. The number of hydrogen-bond donors (Lipinski definition) is 0. The molecule has 0 aliphatic heterocycles. The van der Waals surface area contributed by atoms with Crippen molar-refractivity contribution in [3.05, 3.63) is 42.0 Å². The van der Waals surface area contributed by atoms with Crippen LogP contribution >= 0.6 is 0 Å². The summed E-state index contributed by atoms with van der Waals surface area (Å²) in [4.78, 5) is 8.20. The van der Waals surface area contributed by atoms with Crippen molar-refractivity contribution < 1.29 is 9.26 Å². The largest absolute Gasteiger partial charge is 0.479 e. The van der Waals surface area contributed by atoms with Crippen molar-refractivity contribution in [1.29, 1.82) is 0 Å². The molecule has 0 aliphatic rings. The molecule has 5 nitrogen and oxygen atoms in total. The summed E-state index contributed by atoms with van der Waals surface area (Å²) >= 11 is 0. The Morgan fingerprint density at radius 3 is 2.69 bits per heavy atom. The number of hydrogen-bond acceptors (Lipinski definition) is 5. The lowest BCUT2D eigenvalue weighted by atomic mass is 10.3. The predicted octanol–water partition coefficient (Wildman–Crippen LogP) is 2.10. The van der Waals surface area contributed by atoms with E-state index in [1.54, 1.807) is 37.7 Å². The summed E-state index contributed by atoms with van der Waals surface area (Å²) in [6.07, 6.45) is 3.33. The van der Waals surface area contributed by atoms with Crippen molar-refractivity contribution in [2.75, 3.05) is 7.11 Å². The fraction of sp³-hybridized carbons (Fsp3) is 0.182. The fourth-order valence-corrected chi connectivity index (χ4v) is 1.21. The zero-order valence-corrected chi connectivity index (χ0v) is 9.04. The van der Waals surface area contributed by atoms with Crippen LogP contribution < -0.4 is 0 Å². The van der Waals surface area contributed by atoms with Crippen LogP contribution in [0.15, 0.2) is 40.1 Å². The smallest absolute Gasteiger partial charge is 0.243 e. The van der Waals surface area contributed by atoms with Gasteiger partial charge in [0.1, 0.15) is 5.76 Å². The first kappa shape index (κ1) is 10.4. The number of aromatic nitrogens is 2. The van der Waals surface area contributed by atoms with Gasteiger partial charge in [0.05, 0.1) is 12.8 Å². The topological polar surface area (TPSA) is 60.5 Å². The van der Waals surface area contributed by atoms with Gasteiger partial charge in [0.15, 0.2) is 5.69 Å². The maximum absolute atomic E-state index is 5.16. The maximum atomic E-state index is 5.16. The number of methoxy groups -OCH3 is 1. The lowest BCUT2D eigenvalue weighted by Gasteiger charge is -2.00. The van der Waals surface area contributed by atoms with Gasteiger partial charge in [-0.3, -0.25) is 4.98 Å². The molecule has 0 aliphatic carbocycles. The second kappa shape index (κ2) is 4.57. The number of pyridine rings is 1. The minimum Gasteiger partial charge on any atom is -0.479 e. The highest BCUT2D eigenvalue weighted by molar-refractivity contribution is 5.93. The molecular formula is C11H11N3O2. The van der Waals surface area contributed by atoms with E-state index in [1.807, 2.05) is 6.92 Å². The van der Waals surface area contributed by atoms with E-state index in [-0.39, 0.29) is 0 Å². The summed E-state index contributed by atoms with van der Waals surface area (Å²) in [7, 11) is 1.55. The molecule has 0 fully saturated rings. The van der Waals surface area contributed by atoms with Crippen molar-refractivity contribution >= 4 is 11.6 Å². The van der Waals surface area contributed by atoms with Crippen LogP contribution in [0.2, 0.25) is 0 Å². The highest BCUT2D eigenvalue weighted by Gasteiger charge is 2.09. The summed E-state index contributed by atoms with van der Waals surface area (Å²) in [5.41, 5.74) is 1.34. The van der Waals surface area contributed by atoms with E-state index in [0.29, 0.717) is 11.6 Å². The number of aryl methyl sites for hydroxylation is 1. The molecule has 0 spiro atoms. The standard InChI is InChI=1S/C11H11N3O2/c1-8-7-10(14-16-8)11(15-2)13-9-3-5-12-6-4-9/h3-7H,1-2H3. The van der Waals surface area contributed by atoms with Gasteiger partial charge in [0.2, 0.25) is 5.90 Å². The lowest BCUT2D eigenvalue weighted by Crippen LogP contribution is -2.03. The van der Waals surface area contributed by atoms with Crippen molar-refractivity contribution in [3.63, 3.8) is 0 Å². The third kappa shape index (κ3) is 2.25. The Kier molecular flexibility index (Phi) is 2.95. The molecule has 0 saturated carbocycles. The van der Waals surface area contributed by atoms with Gasteiger partial charge in [-0.1, -0.05) is 5.16 Å². The van der Waals surface area contributed by atoms with Gasteiger partial charge >= 0.3 is 0 Å². The van der Waals surface area contributed by atoms with Gasteiger partial charge in [-0.25, -0.2) is 4.99 Å². The summed E-state index contributed by atoms with van der Waals surface area (Å²) < 4.78 is 10.1. The highest BCUT2D eigenvalue weighted by Crippen LogP contribution is 2.12. The van der Waals surface area contributed by atoms with Crippen LogP contribution in [-0.2, 0) is 4.74 Å². The van der Waals surface area contributed by atoms with Crippen LogP contribution in [0.3, 0.4) is 0 Å². The number of ether oxygens (including phenoxy) is 1. The van der Waals surface area contributed by atoms with E-state index in [9.17, 15) is 0 Å². The second-order valence-electron chi connectivity index (χ2n) is 3.15. The quantitative estimate of drug-likeness (QED) is 0.571. The molecule has 0 atom stereocenters. The van der Waals surface area contributed by atoms with E-state index >= 15 is 0 Å². The summed E-state index contributed by atoms with van der Waals surface area (Å²) in [6, 6.07) is 5.33. The van der Waals surface area contributed by atoms with Gasteiger partial charge < -0.3 is 9.26 Å². The van der Waals surface area contributed by atoms with Crippen LogP contribution in [-0.4, -0.2) is 23.1 Å². The van der Waals surface area contributed by atoms with Gasteiger partial charge in [-0.05, 0) is 19.1 Å². The molecule has 0 saturated heterocycles. The van der Waals surface area contributed by atoms with Crippen LogP contribution in [0, 0.1) is 6.92 Å². The van der Waals surface area contributed by atoms with Crippen LogP contribution in [0.25, 0.3) is 0 Å². The normalized spacial score (nSPS) is 11.5. The molecule has 82 valence electrons. The Labute approximate surface area is 92.8 Å². The molecule has 0 radical (unpaired) electrons. The Hall–Kier alpha value is -2.17. The minimum atomic E-state index is 0.419. The molecule has 0 N–H and O–H groups in total. The first-order valence-corrected chi connectivity index (χ1v) is 4.76. The molecule has 0 amide bonds. The number of rotatable bonds is 2. The van der Waals surface area contributed by atoms with Crippen LogP contribution in [0.4, 0.5) is 5.69 Å². The van der Waals surface area contributed by atoms with E-state index < -0.39 is 0 Å². The zero-order valence-electron chi connectivity index (χ0n) is 9.04. The minimum absolute atomic E-state index is 0.419. The van der Waals surface area contributed by atoms with Gasteiger partial charge in [-0.15, -0.1) is 0 Å². The maximum Gasteiger partial charge on any atom is 0.243 e. The van der Waals surface area contributed by atoms with Crippen molar-refractivity contribution in [2.45, 2.75) is 6.92 Å². The highest BCUT2D eigenvalue weighted by atomic mass is 16.5. The number of aliphatic imine (C=N–C) groups is 1. The number of nitrogens with zero attached hydrogens (tertiary/aromatic N) is 3. The van der Waals surface area contributed by atoms with Gasteiger partial charge in [0, 0.05) is 18.5 Å². The van der Waals surface area contributed by atoms with Crippen molar-refractivity contribution in [1.82, 2.24) is 10.1 Å². The fourth-order valence-electron chi connectivity index (χ4n) is 1.21. The second-order valence-corrected chi connectivity index (χ2v) is 3.15. The Morgan fingerprint density at radius 1 is 1.38 bits per heavy atom. The molecule has 16 heavy (non-hydrogen) atoms. The third-order valence-electron chi connectivity index (χ3n) is 1.93. The first-order valence-electron chi connectivity index (χ1n) is 4.76. The Balaban J connectivity index is 2.33. The average molecular weight is 217 g/mol. The molecule has 0 unspecified atom stereocenters. The molecular weight excluding hydrogens is 206 g/mol. The van der Waals surface area contributed by atoms with Crippen molar-refractivity contribution in [3.8, 4) is 0 Å². The molecule has 0 aromatic carbocycles. The Bertz CT molecular complexity index is 491. The van der Waals surface area contributed by atoms with E-state index in [2.05, 4.69) is 15.1 Å². The predicted molar refractivity (Wildman–Crippen MR) is 58.7 cm³/mol. The molecule has 2 rings (SSSR count). The Morgan fingerprint density at radius 2 is 2.12 bits per heavy atom. The van der Waals surface area contributed by atoms with E-state index in [0.717, 1.165) is 11.4 Å². The monoisotopic (exact) mass is 217 g/mol. The molecule has 2 aromatic heterocycles. The average Bonchev–Trinajstić information content (AvgIpc) is 2.74. The van der Waals surface area contributed by atoms with Crippen LogP contribution in [0.1, 0.15) is 11.5 Å². The molecule has 0 bridgehead atoms. The lowest BCUT2D eigenvalue weighted by molar-refractivity contribution is 0.378. The van der Waals surface area contributed by atoms with E-state index in [1.165, 1.54) is 0 Å². The summed E-state index contributed by atoms with van der Waals surface area (Å²) in [6.45, 7) is 1.82. The SMILES string of the molecule is COC(=Nc1ccncc1)c1cc(C)on1. The molecule has 2 heterocycles. The van der Waals surface area contributed by atoms with Gasteiger partial charge in [0.25, 0.3) is 0 Å². The molecule has 5 heteroatoms. The van der Waals surface area contributed by atoms with Gasteiger partial charge in [-0.2, -0.15) is 0 Å². The summed E-state index contributed by atoms with van der Waals surface area (Å²) in [5.74, 6) is 1.14.